The fourth-order valence-corrected chi connectivity index (χ4v) is 3.38. The Balaban J connectivity index is 1.89. The van der Waals surface area contributed by atoms with E-state index in [1.165, 1.54) is 32.1 Å². The van der Waals surface area contributed by atoms with Crippen LogP contribution in [0.1, 0.15) is 55.1 Å². The number of halogens is 1. The van der Waals surface area contributed by atoms with Gasteiger partial charge < -0.3 is 14.5 Å². The van der Waals surface area contributed by atoms with Crippen LogP contribution in [-0.4, -0.2) is 18.6 Å². The first-order valence-corrected chi connectivity index (χ1v) is 8.68. The van der Waals surface area contributed by atoms with Crippen LogP contribution in [0.25, 0.3) is 11.0 Å². The molecule has 0 aliphatic heterocycles. The number of carbonyl (C=O) groups is 1. The van der Waals surface area contributed by atoms with Gasteiger partial charge in [0.05, 0.1) is 6.61 Å². The van der Waals surface area contributed by atoms with E-state index in [-0.39, 0.29) is 5.76 Å². The number of carbonyl (C=O) groups excluding carboxylic acids is 1. The Morgan fingerprint density at radius 3 is 2.87 bits per heavy atom. The highest BCUT2D eigenvalue weighted by atomic mass is 35.5. The van der Waals surface area contributed by atoms with Crippen LogP contribution in [0.4, 0.5) is 0 Å². The topological polar surface area (TPSA) is 51.5 Å². The van der Waals surface area contributed by atoms with Crippen LogP contribution in [-0.2, 0) is 11.3 Å². The number of nitrogens with one attached hydrogen (secondary N) is 1. The Hall–Kier alpha value is -1.52. The summed E-state index contributed by atoms with van der Waals surface area (Å²) in [6, 6.07) is 5.91. The van der Waals surface area contributed by atoms with Crippen molar-refractivity contribution in [2.24, 2.45) is 0 Å². The highest BCUT2D eigenvalue weighted by molar-refractivity contribution is 6.31. The van der Waals surface area contributed by atoms with Gasteiger partial charge in [0.1, 0.15) is 5.58 Å². The first-order chi connectivity index (χ1) is 11.2. The third kappa shape index (κ3) is 3.70. The molecule has 23 heavy (non-hydrogen) atoms. The van der Waals surface area contributed by atoms with Gasteiger partial charge in [0.2, 0.25) is 5.76 Å². The van der Waals surface area contributed by atoms with Crippen molar-refractivity contribution in [2.75, 3.05) is 6.61 Å². The minimum atomic E-state index is -0.416. The van der Waals surface area contributed by atoms with Crippen LogP contribution < -0.4 is 5.32 Å². The fraction of sp³-hybridized carbons (Fsp3) is 0.500. The Labute approximate surface area is 141 Å². The molecule has 2 aromatic rings. The fourth-order valence-electron chi connectivity index (χ4n) is 3.21. The number of fused-ring (bicyclic) bond motifs is 1. The molecule has 1 saturated carbocycles. The lowest BCUT2D eigenvalue weighted by Gasteiger charge is -2.22. The van der Waals surface area contributed by atoms with E-state index in [1.54, 1.807) is 19.1 Å². The van der Waals surface area contributed by atoms with E-state index in [9.17, 15) is 4.79 Å². The van der Waals surface area contributed by atoms with Crippen molar-refractivity contribution < 1.29 is 13.9 Å². The molecule has 1 N–H and O–H groups in total. The third-order valence-corrected chi connectivity index (χ3v) is 4.62. The van der Waals surface area contributed by atoms with Gasteiger partial charge in [0, 0.05) is 28.6 Å². The SMILES string of the molecule is CCOC(=O)c1oc2ccc(Cl)cc2c1CNC1CCCCC1. The van der Waals surface area contributed by atoms with E-state index < -0.39 is 5.97 Å². The summed E-state index contributed by atoms with van der Waals surface area (Å²) in [5.74, 6) is -0.132. The molecule has 0 atom stereocenters. The smallest absolute Gasteiger partial charge is 0.374 e. The lowest BCUT2D eigenvalue weighted by Crippen LogP contribution is -2.30. The monoisotopic (exact) mass is 335 g/mol. The van der Waals surface area contributed by atoms with Crippen molar-refractivity contribution >= 4 is 28.5 Å². The number of furan rings is 1. The molecule has 0 amide bonds. The molecular formula is C18H22ClNO3. The lowest BCUT2D eigenvalue weighted by atomic mass is 9.95. The van der Waals surface area contributed by atoms with E-state index in [4.69, 9.17) is 20.8 Å². The third-order valence-electron chi connectivity index (χ3n) is 4.39. The first-order valence-electron chi connectivity index (χ1n) is 8.30. The second-order valence-electron chi connectivity index (χ2n) is 5.99. The zero-order valence-corrected chi connectivity index (χ0v) is 14.1. The average molecular weight is 336 g/mol. The summed E-state index contributed by atoms with van der Waals surface area (Å²) in [5.41, 5.74) is 1.50. The molecule has 1 fully saturated rings. The number of benzene rings is 1. The van der Waals surface area contributed by atoms with E-state index in [0.717, 1.165) is 10.9 Å². The molecule has 0 spiro atoms. The van der Waals surface area contributed by atoms with Crippen LogP contribution in [0.5, 0.6) is 0 Å². The lowest BCUT2D eigenvalue weighted by molar-refractivity contribution is 0.0490. The molecule has 1 aromatic heterocycles. The Morgan fingerprint density at radius 2 is 2.13 bits per heavy atom. The largest absolute Gasteiger partial charge is 0.460 e. The molecule has 1 aliphatic rings. The molecule has 0 saturated heterocycles. The van der Waals surface area contributed by atoms with Gasteiger partial charge in [-0.1, -0.05) is 30.9 Å². The maximum Gasteiger partial charge on any atom is 0.374 e. The quantitative estimate of drug-likeness (QED) is 0.806. The normalized spacial score (nSPS) is 15.9. The molecule has 4 nitrogen and oxygen atoms in total. The van der Waals surface area contributed by atoms with Gasteiger partial charge in [-0.3, -0.25) is 0 Å². The van der Waals surface area contributed by atoms with Crippen molar-refractivity contribution in [1.82, 2.24) is 5.32 Å². The number of hydrogen-bond acceptors (Lipinski definition) is 4. The number of hydrogen-bond donors (Lipinski definition) is 1. The predicted molar refractivity (Wildman–Crippen MR) is 90.9 cm³/mol. The van der Waals surface area contributed by atoms with E-state index in [2.05, 4.69) is 5.32 Å². The predicted octanol–water partition coefficient (Wildman–Crippen LogP) is 4.69. The maximum absolute atomic E-state index is 12.2. The van der Waals surface area contributed by atoms with Crippen LogP contribution in [0.2, 0.25) is 5.02 Å². The van der Waals surface area contributed by atoms with Crippen LogP contribution in [0, 0.1) is 0 Å². The molecule has 1 aliphatic carbocycles. The maximum atomic E-state index is 12.2. The summed E-state index contributed by atoms with van der Waals surface area (Å²) >= 11 is 6.11. The Morgan fingerprint density at radius 1 is 1.35 bits per heavy atom. The van der Waals surface area contributed by atoms with Crippen molar-refractivity contribution in [3.8, 4) is 0 Å². The van der Waals surface area contributed by atoms with Crippen molar-refractivity contribution in [2.45, 2.75) is 51.6 Å². The number of esters is 1. The standard InChI is InChI=1S/C18H22ClNO3/c1-2-22-18(21)17-15(11-20-13-6-4-3-5-7-13)14-10-12(19)8-9-16(14)23-17/h8-10,13,20H,2-7,11H2,1H3. The van der Waals surface area contributed by atoms with Crippen molar-refractivity contribution in [3.05, 3.63) is 34.5 Å². The summed E-state index contributed by atoms with van der Waals surface area (Å²) < 4.78 is 10.9. The number of rotatable bonds is 5. The van der Waals surface area contributed by atoms with Crippen LogP contribution in [0.15, 0.2) is 22.6 Å². The van der Waals surface area contributed by atoms with Gasteiger partial charge in [-0.05, 0) is 38.0 Å². The van der Waals surface area contributed by atoms with Gasteiger partial charge >= 0.3 is 5.97 Å². The van der Waals surface area contributed by atoms with Crippen molar-refractivity contribution in [1.29, 1.82) is 0 Å². The van der Waals surface area contributed by atoms with Gasteiger partial charge in [-0.25, -0.2) is 4.79 Å². The van der Waals surface area contributed by atoms with E-state index >= 15 is 0 Å². The van der Waals surface area contributed by atoms with E-state index in [0.29, 0.717) is 29.8 Å². The molecule has 124 valence electrons. The second-order valence-corrected chi connectivity index (χ2v) is 6.42. The molecule has 3 rings (SSSR count). The van der Waals surface area contributed by atoms with Crippen LogP contribution >= 0.6 is 11.6 Å². The minimum Gasteiger partial charge on any atom is -0.460 e. The van der Waals surface area contributed by atoms with Crippen molar-refractivity contribution in [3.63, 3.8) is 0 Å². The second kappa shape index (κ2) is 7.37. The highest BCUT2D eigenvalue weighted by Gasteiger charge is 2.23. The van der Waals surface area contributed by atoms with Crippen LogP contribution in [0.3, 0.4) is 0 Å². The Bertz CT molecular complexity index is 689. The molecule has 0 bridgehead atoms. The summed E-state index contributed by atoms with van der Waals surface area (Å²) in [6.45, 7) is 2.70. The summed E-state index contributed by atoms with van der Waals surface area (Å²) in [5, 5.41) is 5.07. The summed E-state index contributed by atoms with van der Waals surface area (Å²) in [4.78, 5) is 12.2. The average Bonchev–Trinajstić information content (AvgIpc) is 2.92. The highest BCUT2D eigenvalue weighted by Crippen LogP contribution is 2.29. The zero-order chi connectivity index (χ0) is 16.2. The molecular weight excluding hydrogens is 314 g/mol. The zero-order valence-electron chi connectivity index (χ0n) is 13.4. The van der Waals surface area contributed by atoms with Gasteiger partial charge in [0.25, 0.3) is 0 Å². The number of ether oxygens (including phenoxy) is 1. The van der Waals surface area contributed by atoms with Gasteiger partial charge in [-0.15, -0.1) is 0 Å². The minimum absolute atomic E-state index is 0.285. The van der Waals surface area contributed by atoms with E-state index in [1.807, 2.05) is 6.07 Å². The summed E-state index contributed by atoms with van der Waals surface area (Å²) in [6.07, 6.45) is 6.22. The Kier molecular flexibility index (Phi) is 5.23. The molecule has 0 radical (unpaired) electrons. The summed E-state index contributed by atoms with van der Waals surface area (Å²) in [7, 11) is 0. The molecule has 1 aromatic carbocycles. The first kappa shape index (κ1) is 16.3. The molecule has 0 unspecified atom stereocenters. The van der Waals surface area contributed by atoms with Gasteiger partial charge in [0.15, 0.2) is 0 Å². The molecule has 5 heteroatoms. The van der Waals surface area contributed by atoms with Gasteiger partial charge in [-0.2, -0.15) is 0 Å². The molecule has 1 heterocycles.